The molecule has 0 saturated heterocycles. The fourth-order valence-corrected chi connectivity index (χ4v) is 2.20. The van der Waals surface area contributed by atoms with Gasteiger partial charge in [-0.25, -0.2) is 5.01 Å². The lowest BCUT2D eigenvalue weighted by Gasteiger charge is -2.19. The predicted octanol–water partition coefficient (Wildman–Crippen LogP) is 0.992. The molecule has 0 radical (unpaired) electrons. The number of carbonyl (C=O) groups is 3. The highest BCUT2D eigenvalue weighted by atomic mass is 16.4. The first kappa shape index (κ1) is 17.1. The summed E-state index contributed by atoms with van der Waals surface area (Å²) in [5.74, 6) is -0.839. The van der Waals surface area contributed by atoms with Gasteiger partial charge in [0.25, 0.3) is 5.91 Å². The standard InChI is InChI=1S/C14H23N3O4/c1-3-10(4-7-13(19)20)8-9-15-14(21)11-5-6-12(18)17(2)16-11/h10H,3-9H2,1-2H3,(H,15,21)(H,19,20). The van der Waals surface area contributed by atoms with Crippen molar-refractivity contribution in [1.82, 2.24) is 10.3 Å². The smallest absolute Gasteiger partial charge is 0.303 e. The zero-order chi connectivity index (χ0) is 15.8. The molecule has 1 atom stereocenters. The van der Waals surface area contributed by atoms with Gasteiger partial charge in [-0.1, -0.05) is 13.3 Å². The van der Waals surface area contributed by atoms with Gasteiger partial charge in [-0.3, -0.25) is 14.4 Å². The maximum Gasteiger partial charge on any atom is 0.303 e. The van der Waals surface area contributed by atoms with Crippen LogP contribution in [0.2, 0.25) is 0 Å². The van der Waals surface area contributed by atoms with E-state index >= 15 is 0 Å². The molecular formula is C14H23N3O4. The summed E-state index contributed by atoms with van der Waals surface area (Å²) in [5, 5.41) is 16.6. The van der Waals surface area contributed by atoms with Crippen molar-refractivity contribution in [2.45, 2.75) is 45.4 Å². The monoisotopic (exact) mass is 297 g/mol. The van der Waals surface area contributed by atoms with E-state index in [9.17, 15) is 14.4 Å². The summed E-state index contributed by atoms with van der Waals surface area (Å²) >= 11 is 0. The van der Waals surface area contributed by atoms with Gasteiger partial charge in [0.2, 0.25) is 5.91 Å². The van der Waals surface area contributed by atoms with Crippen molar-refractivity contribution >= 4 is 23.5 Å². The van der Waals surface area contributed by atoms with Crippen molar-refractivity contribution in [3.8, 4) is 0 Å². The van der Waals surface area contributed by atoms with E-state index in [0.717, 1.165) is 12.8 Å². The molecule has 1 rings (SSSR count). The number of hydrogen-bond acceptors (Lipinski definition) is 4. The number of nitrogens with zero attached hydrogens (tertiary/aromatic N) is 2. The summed E-state index contributed by atoms with van der Waals surface area (Å²) in [6.45, 7) is 2.51. The maximum atomic E-state index is 11.9. The zero-order valence-electron chi connectivity index (χ0n) is 12.6. The number of carboxylic acid groups (broad SMARTS) is 1. The molecule has 0 saturated carbocycles. The number of amides is 2. The fraction of sp³-hybridized carbons (Fsp3) is 0.714. The van der Waals surface area contributed by atoms with Gasteiger partial charge in [0, 0.05) is 32.9 Å². The molecule has 1 aliphatic rings. The van der Waals surface area contributed by atoms with Gasteiger partial charge in [0.15, 0.2) is 0 Å². The van der Waals surface area contributed by atoms with E-state index in [0.29, 0.717) is 37.4 Å². The van der Waals surface area contributed by atoms with Crippen LogP contribution in [-0.4, -0.2) is 47.2 Å². The van der Waals surface area contributed by atoms with Crippen LogP contribution in [0.15, 0.2) is 5.10 Å². The quantitative estimate of drug-likeness (QED) is 0.698. The Morgan fingerprint density at radius 1 is 1.38 bits per heavy atom. The minimum atomic E-state index is -0.790. The Morgan fingerprint density at radius 3 is 2.67 bits per heavy atom. The number of rotatable bonds is 8. The van der Waals surface area contributed by atoms with E-state index in [1.165, 1.54) is 12.1 Å². The van der Waals surface area contributed by atoms with Crippen LogP contribution >= 0.6 is 0 Å². The number of aliphatic carboxylic acids is 1. The Labute approximate surface area is 124 Å². The highest BCUT2D eigenvalue weighted by Gasteiger charge is 2.21. The molecule has 1 unspecified atom stereocenters. The average Bonchev–Trinajstić information content (AvgIpc) is 2.45. The van der Waals surface area contributed by atoms with E-state index in [1.807, 2.05) is 6.92 Å². The second-order valence-corrected chi connectivity index (χ2v) is 5.22. The molecular weight excluding hydrogens is 274 g/mol. The van der Waals surface area contributed by atoms with E-state index in [1.54, 1.807) is 0 Å². The minimum absolute atomic E-state index is 0.0914. The van der Waals surface area contributed by atoms with Crippen LogP contribution in [0.25, 0.3) is 0 Å². The molecule has 21 heavy (non-hydrogen) atoms. The van der Waals surface area contributed by atoms with Crippen LogP contribution in [0.4, 0.5) is 0 Å². The molecule has 0 spiro atoms. The first-order valence-corrected chi connectivity index (χ1v) is 7.28. The lowest BCUT2D eigenvalue weighted by Crippen LogP contribution is -2.38. The number of hydrogen-bond donors (Lipinski definition) is 2. The molecule has 0 aromatic heterocycles. The molecule has 0 bridgehead atoms. The SMILES string of the molecule is CCC(CCNC(=O)C1=NN(C)C(=O)CC1)CCC(=O)O. The van der Waals surface area contributed by atoms with Gasteiger partial charge < -0.3 is 10.4 Å². The molecule has 2 amide bonds. The molecule has 0 fully saturated rings. The van der Waals surface area contributed by atoms with Crippen molar-refractivity contribution in [1.29, 1.82) is 0 Å². The van der Waals surface area contributed by atoms with Gasteiger partial charge in [0.05, 0.1) is 0 Å². The molecule has 7 nitrogen and oxygen atoms in total. The topological polar surface area (TPSA) is 99.1 Å². The third-order valence-corrected chi connectivity index (χ3v) is 3.65. The van der Waals surface area contributed by atoms with Crippen molar-refractivity contribution < 1.29 is 19.5 Å². The number of nitrogens with one attached hydrogen (secondary N) is 1. The number of carbonyl (C=O) groups excluding carboxylic acids is 2. The largest absolute Gasteiger partial charge is 0.481 e. The Morgan fingerprint density at radius 2 is 2.10 bits per heavy atom. The Balaban J connectivity index is 2.34. The average molecular weight is 297 g/mol. The van der Waals surface area contributed by atoms with Crippen LogP contribution in [0.1, 0.15) is 45.4 Å². The summed E-state index contributed by atoms with van der Waals surface area (Å²) in [5.41, 5.74) is 0.371. The van der Waals surface area contributed by atoms with Crippen molar-refractivity contribution in [2.75, 3.05) is 13.6 Å². The molecule has 0 aromatic carbocycles. The number of hydrazone groups is 1. The summed E-state index contributed by atoms with van der Waals surface area (Å²) < 4.78 is 0. The lowest BCUT2D eigenvalue weighted by molar-refractivity contribution is -0.137. The Hall–Kier alpha value is -1.92. The minimum Gasteiger partial charge on any atom is -0.481 e. The molecule has 1 heterocycles. The van der Waals surface area contributed by atoms with Gasteiger partial charge in [-0.15, -0.1) is 0 Å². The first-order valence-electron chi connectivity index (χ1n) is 7.28. The number of carboxylic acids is 1. The summed E-state index contributed by atoms with van der Waals surface area (Å²) in [4.78, 5) is 33.7. The molecule has 7 heteroatoms. The van der Waals surface area contributed by atoms with Gasteiger partial charge >= 0.3 is 5.97 Å². The van der Waals surface area contributed by atoms with Crippen LogP contribution in [0, 0.1) is 5.92 Å². The highest BCUT2D eigenvalue weighted by molar-refractivity contribution is 6.39. The molecule has 0 aliphatic carbocycles. The van der Waals surface area contributed by atoms with E-state index in [4.69, 9.17) is 5.11 Å². The fourth-order valence-electron chi connectivity index (χ4n) is 2.20. The Bertz CT molecular complexity index is 434. The third-order valence-electron chi connectivity index (χ3n) is 3.65. The van der Waals surface area contributed by atoms with E-state index in [-0.39, 0.29) is 18.2 Å². The van der Waals surface area contributed by atoms with Crippen LogP contribution in [0.3, 0.4) is 0 Å². The molecule has 118 valence electrons. The molecule has 0 aromatic rings. The molecule has 2 N–H and O–H groups in total. The predicted molar refractivity (Wildman–Crippen MR) is 77.7 cm³/mol. The van der Waals surface area contributed by atoms with E-state index < -0.39 is 5.97 Å². The lowest BCUT2D eigenvalue weighted by atomic mass is 9.96. The normalized spacial score (nSPS) is 16.4. The van der Waals surface area contributed by atoms with Crippen molar-refractivity contribution in [2.24, 2.45) is 11.0 Å². The third kappa shape index (κ3) is 5.93. The highest BCUT2D eigenvalue weighted by Crippen LogP contribution is 2.14. The summed E-state index contributed by atoms with van der Waals surface area (Å²) in [7, 11) is 1.54. The second-order valence-electron chi connectivity index (χ2n) is 5.22. The zero-order valence-corrected chi connectivity index (χ0v) is 12.6. The van der Waals surface area contributed by atoms with Gasteiger partial charge in [-0.05, 0) is 18.8 Å². The second kappa shape index (κ2) is 8.39. The first-order chi connectivity index (χ1) is 9.93. The van der Waals surface area contributed by atoms with Crippen LogP contribution < -0.4 is 5.32 Å². The Kier molecular flexibility index (Phi) is 6.84. The maximum absolute atomic E-state index is 11.9. The van der Waals surface area contributed by atoms with Gasteiger partial charge in [0.1, 0.15) is 5.71 Å². The van der Waals surface area contributed by atoms with Crippen molar-refractivity contribution in [3.05, 3.63) is 0 Å². The van der Waals surface area contributed by atoms with Crippen LogP contribution in [0.5, 0.6) is 0 Å². The van der Waals surface area contributed by atoms with Crippen LogP contribution in [-0.2, 0) is 14.4 Å². The summed E-state index contributed by atoms with van der Waals surface area (Å²) in [6, 6.07) is 0. The molecule has 1 aliphatic heterocycles. The van der Waals surface area contributed by atoms with Crippen molar-refractivity contribution in [3.63, 3.8) is 0 Å². The van der Waals surface area contributed by atoms with E-state index in [2.05, 4.69) is 10.4 Å². The van der Waals surface area contributed by atoms with Gasteiger partial charge in [-0.2, -0.15) is 5.10 Å². The summed E-state index contributed by atoms with van der Waals surface area (Å²) in [6.07, 6.45) is 3.09.